The van der Waals surface area contributed by atoms with E-state index in [2.05, 4.69) is 5.32 Å². The van der Waals surface area contributed by atoms with E-state index in [0.29, 0.717) is 11.4 Å². The molecule has 1 amide bonds. The summed E-state index contributed by atoms with van der Waals surface area (Å²) in [6, 6.07) is 10.7. The van der Waals surface area contributed by atoms with Crippen LogP contribution in [0.4, 0.5) is 11.4 Å². The molecule has 0 fully saturated rings. The minimum atomic E-state index is -0.531. The number of amides is 1. The van der Waals surface area contributed by atoms with E-state index < -0.39 is 10.8 Å². The first-order valence-corrected chi connectivity index (χ1v) is 7.28. The number of carbonyl (C=O) groups is 2. The monoisotopic (exact) mass is 328 g/mol. The van der Waals surface area contributed by atoms with Crippen molar-refractivity contribution in [3.63, 3.8) is 0 Å². The third-order valence-corrected chi connectivity index (χ3v) is 3.36. The maximum absolute atomic E-state index is 12.4. The second-order valence-electron chi connectivity index (χ2n) is 5.02. The molecule has 0 bridgehead atoms. The van der Waals surface area contributed by atoms with Crippen LogP contribution in [0.2, 0.25) is 0 Å². The van der Waals surface area contributed by atoms with Gasteiger partial charge in [-0.15, -0.1) is 0 Å². The summed E-state index contributed by atoms with van der Waals surface area (Å²) < 4.78 is 5.09. The number of anilines is 1. The summed E-state index contributed by atoms with van der Waals surface area (Å²) in [5.41, 5.74) is 0.800. The number of nitrogens with zero attached hydrogens (tertiary/aromatic N) is 1. The Kier molecular flexibility index (Phi) is 5.26. The molecule has 2 aromatic rings. The van der Waals surface area contributed by atoms with Gasteiger partial charge in [-0.2, -0.15) is 0 Å². The number of benzene rings is 2. The minimum absolute atomic E-state index is 0.117. The van der Waals surface area contributed by atoms with Crippen LogP contribution in [0.25, 0.3) is 0 Å². The van der Waals surface area contributed by atoms with E-state index in [1.54, 1.807) is 25.1 Å². The third kappa shape index (κ3) is 3.95. The number of hydrogen-bond donors (Lipinski definition) is 1. The third-order valence-electron chi connectivity index (χ3n) is 3.36. The van der Waals surface area contributed by atoms with Crippen molar-refractivity contribution >= 4 is 23.3 Å². The minimum Gasteiger partial charge on any atom is -0.426 e. The molecule has 0 aliphatic carbocycles. The number of rotatable bonds is 5. The normalized spacial score (nSPS) is 10.1. The first-order valence-electron chi connectivity index (χ1n) is 7.28. The van der Waals surface area contributed by atoms with Crippen LogP contribution in [-0.4, -0.2) is 16.8 Å². The molecule has 0 heterocycles. The fourth-order valence-corrected chi connectivity index (χ4v) is 2.11. The van der Waals surface area contributed by atoms with Gasteiger partial charge in [-0.25, -0.2) is 0 Å². The lowest BCUT2D eigenvalue weighted by molar-refractivity contribution is -0.385. The number of esters is 1. The summed E-state index contributed by atoms with van der Waals surface area (Å²) in [5, 5.41) is 13.6. The molecule has 2 aromatic carbocycles. The molecule has 0 spiro atoms. The molecule has 0 radical (unpaired) electrons. The van der Waals surface area contributed by atoms with Crippen LogP contribution in [0.15, 0.2) is 42.5 Å². The average molecular weight is 328 g/mol. The Morgan fingerprint density at radius 3 is 2.58 bits per heavy atom. The van der Waals surface area contributed by atoms with Gasteiger partial charge < -0.3 is 10.1 Å². The number of nitro groups is 1. The van der Waals surface area contributed by atoms with Gasteiger partial charge in [0.05, 0.1) is 4.92 Å². The highest BCUT2D eigenvalue weighted by Gasteiger charge is 2.18. The lowest BCUT2D eigenvalue weighted by Crippen LogP contribution is -2.14. The van der Waals surface area contributed by atoms with E-state index in [0.717, 1.165) is 0 Å². The van der Waals surface area contributed by atoms with Crippen molar-refractivity contribution in [1.29, 1.82) is 0 Å². The molecule has 0 aliphatic heterocycles. The lowest BCUT2D eigenvalue weighted by atomic mass is 10.1. The summed E-state index contributed by atoms with van der Waals surface area (Å²) in [6.45, 7) is 3.20. The predicted octanol–water partition coefficient (Wildman–Crippen LogP) is 3.47. The average Bonchev–Trinajstić information content (AvgIpc) is 2.54. The SMILES string of the molecule is CCC(=O)Oc1cccc(NC(=O)c2cccc([N+](=O)[O-])c2C)c1. The molecule has 7 nitrogen and oxygen atoms in total. The molecule has 0 saturated carbocycles. The van der Waals surface area contributed by atoms with Crippen molar-refractivity contribution in [3.05, 3.63) is 63.7 Å². The van der Waals surface area contributed by atoms with Gasteiger partial charge in [0.1, 0.15) is 5.75 Å². The van der Waals surface area contributed by atoms with Crippen LogP contribution >= 0.6 is 0 Å². The van der Waals surface area contributed by atoms with Crippen LogP contribution in [0, 0.1) is 17.0 Å². The van der Waals surface area contributed by atoms with Crippen molar-refractivity contribution in [2.24, 2.45) is 0 Å². The van der Waals surface area contributed by atoms with Crippen molar-refractivity contribution in [2.75, 3.05) is 5.32 Å². The Labute approximate surface area is 138 Å². The van der Waals surface area contributed by atoms with Crippen molar-refractivity contribution in [1.82, 2.24) is 0 Å². The summed E-state index contributed by atoms with van der Waals surface area (Å²) in [5.74, 6) is -0.543. The molecular weight excluding hydrogens is 312 g/mol. The Morgan fingerprint density at radius 2 is 1.92 bits per heavy atom. The van der Waals surface area contributed by atoms with Gasteiger partial charge >= 0.3 is 5.97 Å². The van der Waals surface area contributed by atoms with E-state index in [-0.39, 0.29) is 29.2 Å². The molecule has 7 heteroatoms. The maximum atomic E-state index is 12.4. The van der Waals surface area contributed by atoms with E-state index in [9.17, 15) is 19.7 Å². The van der Waals surface area contributed by atoms with Crippen molar-refractivity contribution in [2.45, 2.75) is 20.3 Å². The topological polar surface area (TPSA) is 98.5 Å². The quantitative estimate of drug-likeness (QED) is 0.392. The van der Waals surface area contributed by atoms with Crippen LogP contribution in [0.5, 0.6) is 5.75 Å². The zero-order valence-electron chi connectivity index (χ0n) is 13.2. The molecule has 24 heavy (non-hydrogen) atoms. The van der Waals surface area contributed by atoms with E-state index in [1.807, 2.05) is 0 Å². The molecule has 0 saturated heterocycles. The van der Waals surface area contributed by atoms with Gasteiger partial charge in [-0.05, 0) is 25.1 Å². The molecule has 0 unspecified atom stereocenters. The Balaban J connectivity index is 2.21. The Hall–Kier alpha value is -3.22. The molecule has 0 atom stereocenters. The molecule has 124 valence electrons. The van der Waals surface area contributed by atoms with E-state index >= 15 is 0 Å². The summed E-state index contributed by atoms with van der Waals surface area (Å²) in [4.78, 5) is 34.1. The number of nitrogens with one attached hydrogen (secondary N) is 1. The number of ether oxygens (including phenoxy) is 1. The van der Waals surface area contributed by atoms with Gasteiger partial charge in [-0.1, -0.05) is 19.1 Å². The summed E-state index contributed by atoms with van der Waals surface area (Å²) in [6.07, 6.45) is 0.240. The largest absolute Gasteiger partial charge is 0.426 e. The van der Waals surface area contributed by atoms with Gasteiger partial charge in [0.25, 0.3) is 11.6 Å². The zero-order valence-corrected chi connectivity index (χ0v) is 13.2. The van der Waals surface area contributed by atoms with Gasteiger partial charge in [0, 0.05) is 35.4 Å². The van der Waals surface area contributed by atoms with Crippen LogP contribution in [0.1, 0.15) is 29.3 Å². The highest BCUT2D eigenvalue weighted by atomic mass is 16.6. The van der Waals surface area contributed by atoms with Gasteiger partial charge in [-0.3, -0.25) is 19.7 Å². The van der Waals surface area contributed by atoms with E-state index in [4.69, 9.17) is 4.74 Å². The zero-order chi connectivity index (χ0) is 17.7. The Bertz CT molecular complexity index is 801. The van der Waals surface area contributed by atoms with Crippen LogP contribution in [0.3, 0.4) is 0 Å². The molecule has 0 aliphatic rings. The van der Waals surface area contributed by atoms with Crippen molar-refractivity contribution < 1.29 is 19.2 Å². The lowest BCUT2D eigenvalue weighted by Gasteiger charge is -2.09. The highest BCUT2D eigenvalue weighted by molar-refractivity contribution is 6.05. The predicted molar refractivity (Wildman–Crippen MR) is 88.2 cm³/mol. The standard InChI is InChI=1S/C17H16N2O5/c1-3-16(20)24-13-7-4-6-12(10-13)18-17(21)14-8-5-9-15(11(14)2)19(22)23/h4-10H,3H2,1-2H3,(H,18,21). The molecule has 1 N–H and O–H groups in total. The van der Waals surface area contributed by atoms with Gasteiger partial charge in [0.15, 0.2) is 0 Å². The maximum Gasteiger partial charge on any atom is 0.310 e. The smallest absolute Gasteiger partial charge is 0.310 e. The van der Waals surface area contributed by atoms with Gasteiger partial charge in [0.2, 0.25) is 0 Å². The first kappa shape index (κ1) is 17.1. The molecule has 2 rings (SSSR count). The number of carbonyl (C=O) groups excluding carboxylic acids is 2. The fraction of sp³-hybridized carbons (Fsp3) is 0.176. The molecule has 0 aromatic heterocycles. The van der Waals surface area contributed by atoms with Crippen LogP contribution in [-0.2, 0) is 4.79 Å². The second kappa shape index (κ2) is 7.36. The molecular formula is C17H16N2O5. The summed E-state index contributed by atoms with van der Waals surface area (Å²) >= 11 is 0. The second-order valence-corrected chi connectivity index (χ2v) is 5.02. The first-order chi connectivity index (χ1) is 11.4. The van der Waals surface area contributed by atoms with Crippen molar-refractivity contribution in [3.8, 4) is 5.75 Å². The number of nitro benzene ring substituents is 1. The van der Waals surface area contributed by atoms with Crippen LogP contribution < -0.4 is 10.1 Å². The summed E-state index contributed by atoms with van der Waals surface area (Å²) in [7, 11) is 0. The number of hydrogen-bond acceptors (Lipinski definition) is 5. The van der Waals surface area contributed by atoms with E-state index in [1.165, 1.54) is 31.2 Å². The highest BCUT2D eigenvalue weighted by Crippen LogP contribution is 2.23. The Morgan fingerprint density at radius 1 is 1.21 bits per heavy atom. The fourth-order valence-electron chi connectivity index (χ4n) is 2.11.